The van der Waals surface area contributed by atoms with Crippen LogP contribution >= 0.6 is 11.6 Å². The van der Waals surface area contributed by atoms with Crippen molar-refractivity contribution in [3.8, 4) is 0 Å². The van der Waals surface area contributed by atoms with Crippen LogP contribution in [0.4, 0.5) is 0 Å². The Balaban J connectivity index is 2.13. The van der Waals surface area contributed by atoms with Crippen molar-refractivity contribution >= 4 is 28.3 Å². The van der Waals surface area contributed by atoms with E-state index in [2.05, 4.69) is 4.98 Å². The lowest BCUT2D eigenvalue weighted by atomic mass is 9.78. The average Bonchev–Trinajstić information content (AvgIpc) is 2.92. The van der Waals surface area contributed by atoms with E-state index in [4.69, 9.17) is 11.6 Å². The molecule has 21 heavy (non-hydrogen) atoms. The number of hydrogen-bond donors (Lipinski definition) is 1. The molecule has 1 N–H and O–H groups in total. The number of hydrogen-bond acceptors (Lipinski definition) is 1. The van der Waals surface area contributed by atoms with Crippen LogP contribution in [0.25, 0.3) is 10.9 Å². The predicted octanol–water partition coefficient (Wildman–Crippen LogP) is 4.98. The van der Waals surface area contributed by atoms with Crippen LogP contribution in [0.3, 0.4) is 0 Å². The SMILES string of the molecule is CC(C)(C(=O)c1c[nH]c2cccc(Cl)c12)c1ccccc1. The molecule has 2 nitrogen and oxygen atoms in total. The molecule has 0 bridgehead atoms. The van der Waals surface area contributed by atoms with E-state index in [1.165, 1.54) is 0 Å². The molecule has 0 aliphatic heterocycles. The lowest BCUT2D eigenvalue weighted by Gasteiger charge is -2.23. The van der Waals surface area contributed by atoms with Crippen molar-refractivity contribution in [2.45, 2.75) is 19.3 Å². The zero-order chi connectivity index (χ0) is 15.0. The highest BCUT2D eigenvalue weighted by Gasteiger charge is 2.32. The van der Waals surface area contributed by atoms with Gasteiger partial charge in [0.15, 0.2) is 5.78 Å². The number of fused-ring (bicyclic) bond motifs is 1. The number of halogens is 1. The van der Waals surface area contributed by atoms with Crippen LogP contribution in [-0.4, -0.2) is 10.8 Å². The Morgan fingerprint density at radius 1 is 1.05 bits per heavy atom. The lowest BCUT2D eigenvalue weighted by molar-refractivity contribution is 0.0910. The number of ketones is 1. The lowest BCUT2D eigenvalue weighted by Crippen LogP contribution is -2.28. The predicted molar refractivity (Wildman–Crippen MR) is 87.1 cm³/mol. The molecule has 3 heteroatoms. The highest BCUT2D eigenvalue weighted by atomic mass is 35.5. The first-order valence-electron chi connectivity index (χ1n) is 6.88. The van der Waals surface area contributed by atoms with Gasteiger partial charge in [-0.1, -0.05) is 48.0 Å². The molecule has 3 rings (SSSR count). The minimum absolute atomic E-state index is 0.0630. The molecule has 0 atom stereocenters. The topological polar surface area (TPSA) is 32.9 Å². The second-order valence-electron chi connectivity index (χ2n) is 5.68. The summed E-state index contributed by atoms with van der Waals surface area (Å²) in [6, 6.07) is 15.4. The number of carbonyl (C=O) groups excluding carboxylic acids is 1. The molecule has 0 aliphatic rings. The Hall–Kier alpha value is -2.06. The number of nitrogens with one attached hydrogen (secondary N) is 1. The van der Waals surface area contributed by atoms with Crippen molar-refractivity contribution in [1.82, 2.24) is 4.98 Å². The standard InChI is InChI=1S/C18H16ClNO/c1-18(2,12-7-4-3-5-8-12)17(21)13-11-20-15-10-6-9-14(19)16(13)15/h3-11,20H,1-2H3. The zero-order valence-electron chi connectivity index (χ0n) is 12.0. The molecule has 0 saturated heterocycles. The molecule has 0 spiro atoms. The first-order valence-corrected chi connectivity index (χ1v) is 7.25. The molecule has 0 unspecified atom stereocenters. The number of Topliss-reactive ketones (excluding diaryl/α,β-unsaturated/α-hetero) is 1. The minimum atomic E-state index is -0.602. The Labute approximate surface area is 128 Å². The molecule has 0 aliphatic carbocycles. The smallest absolute Gasteiger partial charge is 0.175 e. The van der Waals surface area contributed by atoms with E-state index in [1.54, 1.807) is 6.20 Å². The summed E-state index contributed by atoms with van der Waals surface area (Å²) in [5.74, 6) is 0.0630. The fourth-order valence-electron chi connectivity index (χ4n) is 2.64. The molecule has 0 fully saturated rings. The van der Waals surface area contributed by atoms with Gasteiger partial charge in [-0.2, -0.15) is 0 Å². The molecule has 106 valence electrons. The van der Waals surface area contributed by atoms with Crippen LogP contribution < -0.4 is 0 Å². The highest BCUT2D eigenvalue weighted by Crippen LogP contribution is 2.33. The van der Waals surface area contributed by atoms with E-state index in [1.807, 2.05) is 62.4 Å². The third kappa shape index (κ3) is 2.26. The van der Waals surface area contributed by atoms with Crippen LogP contribution in [0.15, 0.2) is 54.7 Å². The van der Waals surface area contributed by atoms with E-state index in [0.29, 0.717) is 10.6 Å². The normalized spacial score (nSPS) is 11.8. The number of carbonyl (C=O) groups is 1. The van der Waals surface area contributed by atoms with Gasteiger partial charge >= 0.3 is 0 Å². The molecular formula is C18H16ClNO. The van der Waals surface area contributed by atoms with E-state index in [0.717, 1.165) is 16.5 Å². The average molecular weight is 298 g/mol. The van der Waals surface area contributed by atoms with Crippen LogP contribution in [0.2, 0.25) is 5.02 Å². The molecule has 1 aromatic heterocycles. The van der Waals surface area contributed by atoms with Gasteiger partial charge in [0.25, 0.3) is 0 Å². The van der Waals surface area contributed by atoms with Crippen molar-refractivity contribution in [3.05, 3.63) is 70.9 Å². The van der Waals surface area contributed by atoms with E-state index < -0.39 is 5.41 Å². The second-order valence-corrected chi connectivity index (χ2v) is 6.09. The monoisotopic (exact) mass is 297 g/mol. The molecule has 0 saturated carbocycles. The van der Waals surface area contributed by atoms with Gasteiger partial charge in [0.2, 0.25) is 0 Å². The summed E-state index contributed by atoms with van der Waals surface area (Å²) in [6.45, 7) is 3.89. The maximum atomic E-state index is 13.0. The van der Waals surface area contributed by atoms with Crippen LogP contribution in [0.5, 0.6) is 0 Å². The Kier molecular flexibility index (Phi) is 3.34. The van der Waals surface area contributed by atoms with Gasteiger partial charge in [-0.3, -0.25) is 4.79 Å². The van der Waals surface area contributed by atoms with Crippen molar-refractivity contribution in [2.24, 2.45) is 0 Å². The number of benzene rings is 2. The summed E-state index contributed by atoms with van der Waals surface area (Å²) in [4.78, 5) is 16.1. The van der Waals surface area contributed by atoms with Crippen LogP contribution in [-0.2, 0) is 5.41 Å². The fourth-order valence-corrected chi connectivity index (χ4v) is 2.92. The number of rotatable bonds is 3. The van der Waals surface area contributed by atoms with Gasteiger partial charge in [0.1, 0.15) is 0 Å². The van der Waals surface area contributed by atoms with Crippen molar-refractivity contribution in [2.75, 3.05) is 0 Å². The summed E-state index contributed by atoms with van der Waals surface area (Å²) >= 11 is 6.27. The zero-order valence-corrected chi connectivity index (χ0v) is 12.7. The van der Waals surface area contributed by atoms with Crippen LogP contribution in [0, 0.1) is 0 Å². The third-order valence-corrected chi connectivity index (χ3v) is 4.28. The first-order chi connectivity index (χ1) is 10.0. The summed E-state index contributed by atoms with van der Waals surface area (Å²) in [5, 5.41) is 1.40. The summed E-state index contributed by atoms with van der Waals surface area (Å²) in [5.41, 5.74) is 1.92. The Morgan fingerprint density at radius 2 is 1.76 bits per heavy atom. The van der Waals surface area contributed by atoms with Gasteiger partial charge in [-0.05, 0) is 31.5 Å². The van der Waals surface area contributed by atoms with Gasteiger partial charge in [0.05, 0.1) is 10.4 Å². The third-order valence-electron chi connectivity index (χ3n) is 3.96. The highest BCUT2D eigenvalue weighted by molar-refractivity contribution is 6.37. The van der Waals surface area contributed by atoms with E-state index in [9.17, 15) is 4.79 Å². The molecular weight excluding hydrogens is 282 g/mol. The molecule has 0 radical (unpaired) electrons. The molecule has 1 heterocycles. The summed E-state index contributed by atoms with van der Waals surface area (Å²) in [6.07, 6.45) is 1.75. The van der Waals surface area contributed by atoms with Gasteiger partial charge in [-0.15, -0.1) is 0 Å². The van der Waals surface area contributed by atoms with E-state index in [-0.39, 0.29) is 5.78 Å². The number of H-pyrrole nitrogens is 1. The second kappa shape index (κ2) is 5.05. The van der Waals surface area contributed by atoms with Crippen molar-refractivity contribution in [1.29, 1.82) is 0 Å². The van der Waals surface area contributed by atoms with Gasteiger partial charge in [-0.25, -0.2) is 0 Å². The molecule has 2 aromatic carbocycles. The Morgan fingerprint density at radius 3 is 2.48 bits per heavy atom. The van der Waals surface area contributed by atoms with Gasteiger partial charge < -0.3 is 4.98 Å². The summed E-state index contributed by atoms with van der Waals surface area (Å²) in [7, 11) is 0. The van der Waals surface area contributed by atoms with E-state index >= 15 is 0 Å². The maximum Gasteiger partial charge on any atom is 0.175 e. The maximum absolute atomic E-state index is 13.0. The summed E-state index contributed by atoms with van der Waals surface area (Å²) < 4.78 is 0. The quantitative estimate of drug-likeness (QED) is 0.679. The van der Waals surface area contributed by atoms with Crippen molar-refractivity contribution < 1.29 is 4.79 Å². The molecule has 0 amide bonds. The van der Waals surface area contributed by atoms with Gasteiger partial charge in [0, 0.05) is 22.7 Å². The Bertz CT molecular complexity index is 802. The fraction of sp³-hybridized carbons (Fsp3) is 0.167. The number of aromatic nitrogens is 1. The first kappa shape index (κ1) is 13.9. The van der Waals surface area contributed by atoms with Crippen molar-refractivity contribution in [3.63, 3.8) is 0 Å². The molecule has 3 aromatic rings. The van der Waals surface area contributed by atoms with Crippen LogP contribution in [0.1, 0.15) is 29.8 Å². The minimum Gasteiger partial charge on any atom is -0.360 e. The largest absolute Gasteiger partial charge is 0.360 e. The number of aromatic amines is 1.